The molecular formula is C43H57N3O4. The van der Waals surface area contributed by atoms with Crippen LogP contribution in [0.3, 0.4) is 0 Å². The first kappa shape index (κ1) is 35.3. The molecule has 4 fully saturated rings. The van der Waals surface area contributed by atoms with Gasteiger partial charge in [-0.05, 0) is 91.7 Å². The smallest absolute Gasteiger partial charge is 0.226 e. The molecule has 1 aliphatic heterocycles. The quantitative estimate of drug-likeness (QED) is 0.351. The molecule has 0 aromatic heterocycles. The van der Waals surface area contributed by atoms with Crippen molar-refractivity contribution in [3.8, 4) is 6.07 Å². The van der Waals surface area contributed by atoms with Gasteiger partial charge in [-0.15, -0.1) is 0 Å². The summed E-state index contributed by atoms with van der Waals surface area (Å²) in [6.45, 7) is 17.4. The van der Waals surface area contributed by atoms with Crippen molar-refractivity contribution in [3.63, 3.8) is 0 Å². The summed E-state index contributed by atoms with van der Waals surface area (Å²) in [6, 6.07) is 12.8. The van der Waals surface area contributed by atoms with Gasteiger partial charge in [-0.1, -0.05) is 84.9 Å². The van der Waals surface area contributed by atoms with Crippen molar-refractivity contribution in [3.05, 3.63) is 59.2 Å². The number of fused-ring (bicyclic) bond motifs is 7. The Balaban J connectivity index is 1.16. The lowest BCUT2D eigenvalue weighted by Crippen LogP contribution is -2.74. The predicted molar refractivity (Wildman–Crippen MR) is 193 cm³/mol. The van der Waals surface area contributed by atoms with Gasteiger partial charge in [0.2, 0.25) is 5.91 Å². The van der Waals surface area contributed by atoms with Crippen molar-refractivity contribution in [2.24, 2.45) is 44.3 Å². The number of piperidine rings is 1. The number of nitrogens with one attached hydrogen (secondary N) is 1. The number of Topliss-reactive ketones (excluding diaryl/α,β-unsaturated/α-hetero) is 1. The highest BCUT2D eigenvalue weighted by Crippen LogP contribution is 2.75. The molecule has 2 N–H and O–H groups in total. The van der Waals surface area contributed by atoms with Crippen LogP contribution in [0.5, 0.6) is 0 Å². The highest BCUT2D eigenvalue weighted by Gasteiger charge is 2.75. The Morgan fingerprint density at radius 2 is 1.58 bits per heavy atom. The molecule has 7 heteroatoms. The second kappa shape index (κ2) is 11.5. The number of ketones is 2. The topological polar surface area (TPSA) is 110 Å². The van der Waals surface area contributed by atoms with E-state index in [1.807, 2.05) is 26.0 Å². The molecule has 6 aliphatic rings. The molecule has 1 saturated heterocycles. The number of hydrogen-bond acceptors (Lipinski definition) is 6. The number of nitriles is 1. The van der Waals surface area contributed by atoms with Gasteiger partial charge in [0.15, 0.2) is 11.6 Å². The van der Waals surface area contributed by atoms with Gasteiger partial charge in [-0.2, -0.15) is 5.26 Å². The number of rotatable bonds is 4. The molecule has 1 aromatic carbocycles. The zero-order valence-electron chi connectivity index (χ0n) is 31.3. The molecule has 0 bridgehead atoms. The zero-order chi connectivity index (χ0) is 36.1. The molecule has 5 aliphatic carbocycles. The van der Waals surface area contributed by atoms with E-state index in [2.05, 4.69) is 75.2 Å². The number of carbonyl (C=O) groups is 3. The van der Waals surface area contributed by atoms with Gasteiger partial charge >= 0.3 is 0 Å². The minimum Gasteiger partial charge on any atom is -0.381 e. The first-order valence-electron chi connectivity index (χ1n) is 19.1. The third kappa shape index (κ3) is 4.76. The lowest BCUT2D eigenvalue weighted by atomic mass is 9.33. The summed E-state index contributed by atoms with van der Waals surface area (Å²) >= 11 is 0. The summed E-state index contributed by atoms with van der Waals surface area (Å²) in [7, 11) is 0. The lowest BCUT2D eigenvalue weighted by Gasteiger charge is -2.71. The minimum atomic E-state index is -1.63. The first-order valence-corrected chi connectivity index (χ1v) is 19.1. The molecule has 1 amide bonds. The molecule has 1 aromatic rings. The predicted octanol–water partition coefficient (Wildman–Crippen LogP) is 7.10. The molecule has 3 saturated carbocycles. The Morgan fingerprint density at radius 1 is 0.920 bits per heavy atom. The SMILES string of the molecule is CC1(C)C(=O)C(C#N)=C[C@]2(C)C3=CC(=O)[C@]4(O)[C@@H]5C[C@@](C)(C(=O)NC6CCN(Cc7ccccc7)CC6)CC[C@]5(C)CC[C@@]4(C)[C@]3(C)CC[C@@H]12. The second-order valence-electron chi connectivity index (χ2n) is 18.9. The zero-order valence-corrected chi connectivity index (χ0v) is 31.3. The van der Waals surface area contributed by atoms with E-state index in [0.717, 1.165) is 70.2 Å². The summed E-state index contributed by atoms with van der Waals surface area (Å²) in [4.78, 5) is 44.9. The Kier molecular flexibility index (Phi) is 8.10. The maximum atomic E-state index is 14.8. The van der Waals surface area contributed by atoms with E-state index in [0.29, 0.717) is 12.8 Å². The summed E-state index contributed by atoms with van der Waals surface area (Å²) in [5, 5.41) is 26.7. The molecule has 1 heterocycles. The number of allylic oxidation sites excluding steroid dienone is 3. The Morgan fingerprint density at radius 3 is 2.24 bits per heavy atom. The molecule has 8 atom stereocenters. The van der Waals surface area contributed by atoms with Gasteiger partial charge in [0.25, 0.3) is 0 Å². The molecule has 7 rings (SSSR count). The maximum absolute atomic E-state index is 14.8. The Bertz CT molecular complexity index is 1720. The van der Waals surface area contributed by atoms with Crippen LogP contribution in [0.25, 0.3) is 0 Å². The number of likely N-dealkylation sites (tertiary alicyclic amines) is 1. The van der Waals surface area contributed by atoms with Crippen LogP contribution >= 0.6 is 0 Å². The van der Waals surface area contributed by atoms with Crippen LogP contribution in [-0.2, 0) is 20.9 Å². The van der Waals surface area contributed by atoms with E-state index in [4.69, 9.17) is 0 Å². The fourth-order valence-electron chi connectivity index (χ4n) is 12.4. The van der Waals surface area contributed by atoms with Crippen LogP contribution in [0.1, 0.15) is 112 Å². The van der Waals surface area contributed by atoms with Gasteiger partial charge in [0.05, 0.1) is 5.57 Å². The lowest BCUT2D eigenvalue weighted by molar-refractivity contribution is -0.242. The monoisotopic (exact) mass is 679 g/mol. The molecule has 0 unspecified atom stereocenters. The summed E-state index contributed by atoms with van der Waals surface area (Å²) < 4.78 is 0. The number of aliphatic hydroxyl groups is 1. The number of nitrogens with zero attached hydrogens (tertiary/aromatic N) is 2. The van der Waals surface area contributed by atoms with Crippen LogP contribution in [0.15, 0.2) is 53.6 Å². The standard InChI is InChI=1S/C43H57N3O4/c1-37(2)31-13-16-41(6)32(40(31,5)24-29(26-44)35(37)48)23-34(47)43(50)33-25-39(4,18-17-38(33,3)19-20-42(41,43)7)36(49)45-30-14-21-46(22-15-30)27-28-11-9-8-10-12-28/h8-12,23-24,30-31,33,50H,13-22,25,27H2,1-7H3,(H,45,49)/t31-,33+,38+,39-,40-,41+,42-,43+/m0/s1. The molecule has 50 heavy (non-hydrogen) atoms. The van der Waals surface area contributed by atoms with Crippen molar-refractivity contribution in [1.82, 2.24) is 10.2 Å². The van der Waals surface area contributed by atoms with Crippen molar-refractivity contribution in [2.45, 2.75) is 124 Å². The first-order chi connectivity index (χ1) is 23.4. The highest BCUT2D eigenvalue weighted by atomic mass is 16.3. The van der Waals surface area contributed by atoms with Crippen molar-refractivity contribution in [1.29, 1.82) is 5.26 Å². The summed E-state index contributed by atoms with van der Waals surface area (Å²) in [5.74, 6) is -0.751. The fourth-order valence-corrected chi connectivity index (χ4v) is 12.4. The van der Waals surface area contributed by atoms with E-state index in [9.17, 15) is 24.8 Å². The number of amides is 1. The van der Waals surface area contributed by atoms with E-state index in [1.165, 1.54) is 5.56 Å². The van der Waals surface area contributed by atoms with Crippen molar-refractivity contribution < 1.29 is 19.5 Å². The fraction of sp³-hybridized carbons (Fsp3) is 0.674. The van der Waals surface area contributed by atoms with E-state index in [-0.39, 0.29) is 46.3 Å². The number of benzene rings is 1. The van der Waals surface area contributed by atoms with Crippen molar-refractivity contribution in [2.75, 3.05) is 13.1 Å². The molecule has 0 spiro atoms. The normalized spacial score (nSPS) is 42.9. The summed E-state index contributed by atoms with van der Waals surface area (Å²) in [6.07, 6.45) is 10.5. The van der Waals surface area contributed by atoms with Gasteiger partial charge < -0.3 is 10.4 Å². The Labute approximate surface area is 299 Å². The van der Waals surface area contributed by atoms with Gasteiger partial charge in [0.1, 0.15) is 11.7 Å². The van der Waals surface area contributed by atoms with E-state index in [1.54, 1.807) is 6.08 Å². The molecular weight excluding hydrogens is 622 g/mol. The third-order valence-electron chi connectivity index (χ3n) is 16.0. The largest absolute Gasteiger partial charge is 0.381 e. The molecule has 7 nitrogen and oxygen atoms in total. The molecule has 0 radical (unpaired) electrons. The van der Waals surface area contributed by atoms with Crippen LogP contribution in [-0.4, -0.2) is 52.2 Å². The van der Waals surface area contributed by atoms with Crippen LogP contribution in [0.4, 0.5) is 0 Å². The van der Waals surface area contributed by atoms with Crippen molar-refractivity contribution >= 4 is 17.5 Å². The Hall–Kier alpha value is -3.08. The third-order valence-corrected chi connectivity index (χ3v) is 16.0. The van der Waals surface area contributed by atoms with Gasteiger partial charge in [-0.3, -0.25) is 19.3 Å². The average molecular weight is 680 g/mol. The summed E-state index contributed by atoms with van der Waals surface area (Å²) in [5.41, 5.74) is -2.84. The maximum Gasteiger partial charge on any atom is 0.226 e. The van der Waals surface area contributed by atoms with Crippen LogP contribution in [0.2, 0.25) is 0 Å². The average Bonchev–Trinajstić information content (AvgIpc) is 3.08. The van der Waals surface area contributed by atoms with Crippen LogP contribution in [0, 0.1) is 55.7 Å². The van der Waals surface area contributed by atoms with Gasteiger partial charge in [0, 0.05) is 53.3 Å². The number of hydrogen-bond donors (Lipinski definition) is 2. The van der Waals surface area contributed by atoms with E-state index >= 15 is 0 Å². The van der Waals surface area contributed by atoms with Crippen LogP contribution < -0.4 is 5.32 Å². The minimum absolute atomic E-state index is 0.0535. The second-order valence-corrected chi connectivity index (χ2v) is 18.9. The van der Waals surface area contributed by atoms with E-state index < -0.39 is 32.7 Å². The number of carbonyl (C=O) groups excluding carboxylic acids is 3. The van der Waals surface area contributed by atoms with Gasteiger partial charge in [-0.25, -0.2) is 0 Å². The molecule has 268 valence electrons. The highest BCUT2D eigenvalue weighted by molar-refractivity contribution is 6.05.